The number of hydrogen-bond donors (Lipinski definition) is 8. The van der Waals surface area contributed by atoms with Gasteiger partial charge in [0.15, 0.2) is 6.29 Å². The van der Waals surface area contributed by atoms with Gasteiger partial charge in [0.2, 0.25) is 6.29 Å². The molecule has 0 spiro atoms. The maximum absolute atomic E-state index is 11.3. The van der Waals surface area contributed by atoms with E-state index in [0.717, 1.165) is 0 Å². The van der Waals surface area contributed by atoms with Gasteiger partial charge in [0, 0.05) is 12.1 Å². The lowest BCUT2D eigenvalue weighted by atomic mass is 9.83. The van der Waals surface area contributed by atoms with E-state index < -0.39 is 60.7 Å². The van der Waals surface area contributed by atoms with E-state index in [-0.39, 0.29) is 19.2 Å². The Morgan fingerprint density at radius 2 is 1.85 bits per heavy atom. The third kappa shape index (κ3) is 5.85. The zero-order valence-corrected chi connectivity index (χ0v) is 19.6. The second-order valence-corrected chi connectivity index (χ2v) is 9.31. The maximum Gasteiger partial charge on any atom is 0.215 e. The summed E-state index contributed by atoms with van der Waals surface area (Å²) >= 11 is 0. The molecule has 0 aromatic rings. The van der Waals surface area contributed by atoms with Crippen LogP contribution in [-0.2, 0) is 18.9 Å². The SMILES string of the molecule is CCN[C@@H]1C[C@H](N)[C@H](O[C@@H]2OC(CN)=CC[C@@H]2N)[C@H](O)[C@@H]1O[C@@H]1OC[C@](C)(O)[C@H](NC)[C@H]1O. The van der Waals surface area contributed by atoms with Crippen LogP contribution in [0.5, 0.6) is 0 Å². The van der Waals surface area contributed by atoms with Crippen molar-refractivity contribution in [2.24, 2.45) is 17.2 Å². The third-order valence-corrected chi connectivity index (χ3v) is 6.64. The van der Waals surface area contributed by atoms with Gasteiger partial charge in [-0.2, -0.15) is 0 Å². The molecule has 0 aromatic heterocycles. The Labute approximate surface area is 194 Å². The first-order valence-electron chi connectivity index (χ1n) is 11.6. The first-order valence-corrected chi connectivity index (χ1v) is 11.6. The van der Waals surface area contributed by atoms with Crippen LogP contribution in [0.4, 0.5) is 0 Å². The number of likely N-dealkylation sites (N-methyl/N-ethyl adjacent to an activating group) is 2. The lowest BCUT2D eigenvalue weighted by molar-refractivity contribution is -0.304. The molecule has 0 aromatic carbocycles. The molecule has 0 unspecified atom stereocenters. The zero-order chi connectivity index (χ0) is 24.3. The van der Waals surface area contributed by atoms with E-state index in [1.54, 1.807) is 14.0 Å². The van der Waals surface area contributed by atoms with E-state index in [0.29, 0.717) is 25.1 Å². The molecule has 12 heteroatoms. The molecule has 3 rings (SSSR count). The molecule has 1 saturated heterocycles. The first kappa shape index (κ1) is 26.7. The lowest BCUT2D eigenvalue weighted by Gasteiger charge is -2.49. The Balaban J connectivity index is 1.75. The molecule has 1 saturated carbocycles. The van der Waals surface area contributed by atoms with Gasteiger partial charge in [-0.25, -0.2) is 0 Å². The molecular weight excluding hydrogens is 434 g/mol. The minimum absolute atomic E-state index is 0.0483. The van der Waals surface area contributed by atoms with E-state index in [1.807, 2.05) is 13.0 Å². The minimum atomic E-state index is -1.28. The predicted molar refractivity (Wildman–Crippen MR) is 120 cm³/mol. The van der Waals surface area contributed by atoms with E-state index in [2.05, 4.69) is 10.6 Å². The van der Waals surface area contributed by atoms with Crippen molar-refractivity contribution in [3.63, 3.8) is 0 Å². The molecule has 2 aliphatic heterocycles. The molecule has 33 heavy (non-hydrogen) atoms. The van der Waals surface area contributed by atoms with Crippen molar-refractivity contribution in [1.29, 1.82) is 0 Å². The summed E-state index contributed by atoms with van der Waals surface area (Å²) < 4.78 is 23.6. The summed E-state index contributed by atoms with van der Waals surface area (Å²) in [5.41, 5.74) is 16.9. The van der Waals surface area contributed by atoms with Gasteiger partial charge in [-0.05, 0) is 39.4 Å². The maximum atomic E-state index is 11.3. The highest BCUT2D eigenvalue weighted by Crippen LogP contribution is 2.31. The van der Waals surface area contributed by atoms with Crippen LogP contribution in [0.1, 0.15) is 26.7 Å². The van der Waals surface area contributed by atoms with Gasteiger partial charge in [0.1, 0.15) is 35.8 Å². The van der Waals surface area contributed by atoms with Crippen molar-refractivity contribution >= 4 is 0 Å². The predicted octanol–water partition coefficient (Wildman–Crippen LogP) is -3.20. The molecule has 3 aliphatic rings. The largest absolute Gasteiger partial charge is 0.467 e. The molecule has 11 atom stereocenters. The molecule has 0 bridgehead atoms. The normalized spacial score (nSPS) is 46.5. The van der Waals surface area contributed by atoms with Crippen LogP contribution in [0.25, 0.3) is 0 Å². The van der Waals surface area contributed by atoms with Crippen LogP contribution in [0.3, 0.4) is 0 Å². The summed E-state index contributed by atoms with van der Waals surface area (Å²) in [5.74, 6) is 0.572. The average Bonchev–Trinajstić information content (AvgIpc) is 2.76. The van der Waals surface area contributed by atoms with E-state index >= 15 is 0 Å². The summed E-state index contributed by atoms with van der Waals surface area (Å²) in [4.78, 5) is 0. The zero-order valence-electron chi connectivity index (χ0n) is 19.6. The molecule has 1 aliphatic carbocycles. The smallest absolute Gasteiger partial charge is 0.215 e. The van der Waals surface area contributed by atoms with Crippen LogP contribution in [0.15, 0.2) is 11.8 Å². The Kier molecular flexibility index (Phi) is 9.08. The van der Waals surface area contributed by atoms with Gasteiger partial charge < -0.3 is 62.1 Å². The molecule has 0 amide bonds. The number of nitrogens with one attached hydrogen (secondary N) is 2. The Morgan fingerprint density at radius 3 is 2.48 bits per heavy atom. The van der Waals surface area contributed by atoms with E-state index in [9.17, 15) is 15.3 Å². The average molecular weight is 476 g/mol. The number of aliphatic hydroxyl groups excluding tert-OH is 2. The lowest BCUT2D eigenvalue weighted by Crippen LogP contribution is -2.69. The standard InChI is InChI=1S/C21H41N5O7/c1-4-26-13-7-12(24)16(32-19-11(23)6-5-10(8-22)31-19)14(27)17(13)33-20-15(28)18(25-3)21(2,29)9-30-20/h5,11-20,25-29H,4,6-9,22-24H2,1-3H3/t11-,12-,13+,14-,15+,16-,17+,18+,19-,20-,21-/m0/s1. The van der Waals surface area contributed by atoms with Gasteiger partial charge in [0.05, 0.1) is 25.2 Å². The Morgan fingerprint density at radius 1 is 1.15 bits per heavy atom. The quantitative estimate of drug-likeness (QED) is 0.175. The van der Waals surface area contributed by atoms with Gasteiger partial charge in [0.25, 0.3) is 0 Å². The van der Waals surface area contributed by atoms with E-state index in [4.69, 9.17) is 36.1 Å². The van der Waals surface area contributed by atoms with Gasteiger partial charge >= 0.3 is 0 Å². The third-order valence-electron chi connectivity index (χ3n) is 6.64. The Bertz CT molecular complexity index is 669. The fourth-order valence-corrected chi connectivity index (χ4v) is 4.86. The number of hydrogen-bond acceptors (Lipinski definition) is 12. The van der Waals surface area contributed by atoms with Crippen LogP contribution >= 0.6 is 0 Å². The summed E-state index contributed by atoms with van der Waals surface area (Å²) in [7, 11) is 1.64. The molecule has 0 radical (unpaired) electrons. The summed E-state index contributed by atoms with van der Waals surface area (Å²) in [6, 6.07) is -1.95. The highest BCUT2D eigenvalue weighted by atomic mass is 16.7. The van der Waals surface area contributed by atoms with Crippen LogP contribution in [-0.4, -0.2) is 109 Å². The molecule has 2 fully saturated rings. The molecule has 192 valence electrons. The molecule has 11 N–H and O–H groups in total. The highest BCUT2D eigenvalue weighted by Gasteiger charge is 2.51. The van der Waals surface area contributed by atoms with Gasteiger partial charge in [-0.1, -0.05) is 6.92 Å². The van der Waals surface area contributed by atoms with Crippen LogP contribution < -0.4 is 27.8 Å². The van der Waals surface area contributed by atoms with Crippen LogP contribution in [0, 0.1) is 0 Å². The number of aliphatic hydroxyl groups is 3. The molecular formula is C21H41N5O7. The van der Waals surface area contributed by atoms with Crippen molar-refractivity contribution in [1.82, 2.24) is 10.6 Å². The fourth-order valence-electron chi connectivity index (χ4n) is 4.86. The van der Waals surface area contributed by atoms with Crippen molar-refractivity contribution < 1.29 is 34.3 Å². The number of rotatable bonds is 8. The van der Waals surface area contributed by atoms with E-state index in [1.165, 1.54) is 0 Å². The summed E-state index contributed by atoms with van der Waals surface area (Å²) in [6.45, 7) is 4.30. The van der Waals surface area contributed by atoms with Gasteiger partial charge in [-0.3, -0.25) is 0 Å². The van der Waals surface area contributed by atoms with Crippen LogP contribution in [0.2, 0.25) is 0 Å². The molecule has 12 nitrogen and oxygen atoms in total. The minimum Gasteiger partial charge on any atom is -0.467 e. The topological polar surface area (TPSA) is 200 Å². The van der Waals surface area contributed by atoms with Crippen molar-refractivity contribution in [3.05, 3.63) is 11.8 Å². The molecule has 2 heterocycles. The summed E-state index contributed by atoms with van der Waals surface area (Å²) in [5, 5.41) is 38.8. The fraction of sp³-hybridized carbons (Fsp3) is 0.905. The van der Waals surface area contributed by atoms with Crippen molar-refractivity contribution in [3.8, 4) is 0 Å². The Hall–Kier alpha value is -0.900. The number of ether oxygens (including phenoxy) is 4. The van der Waals surface area contributed by atoms with Crippen molar-refractivity contribution in [2.45, 2.75) is 93.5 Å². The second-order valence-electron chi connectivity index (χ2n) is 9.31. The monoisotopic (exact) mass is 475 g/mol. The van der Waals surface area contributed by atoms with Crippen molar-refractivity contribution in [2.75, 3.05) is 26.7 Å². The summed E-state index contributed by atoms with van der Waals surface area (Å²) in [6.07, 6.45) is -3.05. The second kappa shape index (κ2) is 11.2. The van der Waals surface area contributed by atoms with Gasteiger partial charge in [-0.15, -0.1) is 0 Å². The number of nitrogens with two attached hydrogens (primary N) is 3. The highest BCUT2D eigenvalue weighted by molar-refractivity contribution is 5.05. The first-order chi connectivity index (χ1) is 15.6.